The zero-order valence-corrected chi connectivity index (χ0v) is 13.2. The monoisotopic (exact) mass is 316 g/mol. The second-order valence-electron chi connectivity index (χ2n) is 5.06. The highest BCUT2D eigenvalue weighted by atomic mass is 32.2. The van der Waals surface area contributed by atoms with Crippen LogP contribution in [0.2, 0.25) is 0 Å². The highest BCUT2D eigenvalue weighted by Crippen LogP contribution is 2.07. The van der Waals surface area contributed by atoms with Gasteiger partial charge in [0.25, 0.3) is 10.1 Å². The summed E-state index contributed by atoms with van der Waals surface area (Å²) in [5.41, 5.74) is 1.39. The number of aliphatic hydroxyl groups excluding tert-OH is 1. The lowest BCUT2D eigenvalue weighted by molar-refractivity contribution is 0.108. The van der Waals surface area contributed by atoms with Crippen molar-refractivity contribution in [3.8, 4) is 0 Å². The average Bonchev–Trinajstić information content (AvgIpc) is 2.41. The standard InChI is InChI=1S/C13H20N2O.CH4O3S/c16-11-10-14-6-8-15(9-7-14)12-13-4-2-1-3-5-13;1-5(2,3)4/h1-5,16H,6-12H2;1H3,(H,2,3,4). The van der Waals surface area contributed by atoms with Crippen LogP contribution < -0.4 is 0 Å². The van der Waals surface area contributed by atoms with Crippen LogP contribution in [-0.2, 0) is 16.7 Å². The topological polar surface area (TPSA) is 81.1 Å². The van der Waals surface area contributed by atoms with Crippen LogP contribution in [0.25, 0.3) is 0 Å². The van der Waals surface area contributed by atoms with E-state index in [1.807, 2.05) is 0 Å². The SMILES string of the molecule is CS(=O)(=O)O.OCCN1CCN(Cc2ccccc2)CC1. The van der Waals surface area contributed by atoms with E-state index < -0.39 is 10.1 Å². The summed E-state index contributed by atoms with van der Waals surface area (Å²) >= 11 is 0. The van der Waals surface area contributed by atoms with Gasteiger partial charge in [-0.1, -0.05) is 30.3 Å². The minimum atomic E-state index is -3.67. The van der Waals surface area contributed by atoms with Gasteiger partial charge < -0.3 is 5.11 Å². The summed E-state index contributed by atoms with van der Waals surface area (Å²) in [7, 11) is -3.67. The first-order valence-corrected chi connectivity index (χ1v) is 8.75. The molecule has 2 rings (SSSR count). The fourth-order valence-electron chi connectivity index (χ4n) is 2.15. The molecular formula is C14H24N2O4S. The van der Waals surface area contributed by atoms with E-state index in [0.717, 1.165) is 39.3 Å². The van der Waals surface area contributed by atoms with Gasteiger partial charge in [0, 0.05) is 39.3 Å². The van der Waals surface area contributed by atoms with E-state index in [1.165, 1.54) is 5.56 Å². The maximum Gasteiger partial charge on any atom is 0.261 e. The summed E-state index contributed by atoms with van der Waals surface area (Å²) in [6.45, 7) is 6.51. The molecule has 0 atom stereocenters. The van der Waals surface area contributed by atoms with Crippen molar-refractivity contribution in [2.75, 3.05) is 45.6 Å². The van der Waals surface area contributed by atoms with Crippen LogP contribution >= 0.6 is 0 Å². The molecule has 0 saturated carbocycles. The second-order valence-corrected chi connectivity index (χ2v) is 6.53. The molecule has 0 bridgehead atoms. The van der Waals surface area contributed by atoms with E-state index in [0.29, 0.717) is 6.26 Å². The summed E-state index contributed by atoms with van der Waals surface area (Å²) in [6.07, 6.45) is 0.715. The summed E-state index contributed by atoms with van der Waals surface area (Å²) < 4.78 is 25.9. The van der Waals surface area contributed by atoms with E-state index in [4.69, 9.17) is 9.66 Å². The van der Waals surface area contributed by atoms with Gasteiger partial charge in [0.2, 0.25) is 0 Å². The quantitative estimate of drug-likeness (QED) is 0.778. The van der Waals surface area contributed by atoms with Crippen molar-refractivity contribution in [1.82, 2.24) is 9.80 Å². The van der Waals surface area contributed by atoms with Crippen LogP contribution in [0.15, 0.2) is 30.3 Å². The first-order chi connectivity index (χ1) is 9.88. The fourth-order valence-corrected chi connectivity index (χ4v) is 2.15. The molecule has 21 heavy (non-hydrogen) atoms. The van der Waals surface area contributed by atoms with Gasteiger partial charge >= 0.3 is 0 Å². The minimum Gasteiger partial charge on any atom is -0.395 e. The Balaban J connectivity index is 0.000000383. The second kappa shape index (κ2) is 9.11. The van der Waals surface area contributed by atoms with E-state index in [9.17, 15) is 8.42 Å². The lowest BCUT2D eigenvalue weighted by Crippen LogP contribution is -2.46. The first kappa shape index (κ1) is 18.1. The Morgan fingerprint density at radius 3 is 2.00 bits per heavy atom. The Labute approximate surface area is 126 Å². The van der Waals surface area contributed by atoms with E-state index >= 15 is 0 Å². The number of benzene rings is 1. The number of hydrogen-bond acceptors (Lipinski definition) is 5. The molecule has 0 unspecified atom stereocenters. The molecule has 0 radical (unpaired) electrons. The lowest BCUT2D eigenvalue weighted by atomic mass is 10.2. The van der Waals surface area contributed by atoms with Crippen molar-refractivity contribution < 1.29 is 18.1 Å². The van der Waals surface area contributed by atoms with Gasteiger partial charge in [0.05, 0.1) is 12.9 Å². The third-order valence-corrected chi connectivity index (χ3v) is 3.13. The Hall–Kier alpha value is -0.990. The number of rotatable bonds is 4. The number of hydrogen-bond donors (Lipinski definition) is 2. The molecule has 1 aliphatic heterocycles. The highest BCUT2D eigenvalue weighted by molar-refractivity contribution is 7.85. The Kier molecular flexibility index (Phi) is 7.84. The lowest BCUT2D eigenvalue weighted by Gasteiger charge is -2.34. The van der Waals surface area contributed by atoms with E-state index in [1.54, 1.807) is 0 Å². The van der Waals surface area contributed by atoms with Crippen LogP contribution in [0.5, 0.6) is 0 Å². The van der Waals surface area contributed by atoms with Crippen molar-refractivity contribution in [1.29, 1.82) is 0 Å². The van der Waals surface area contributed by atoms with Crippen LogP contribution in [0.3, 0.4) is 0 Å². The van der Waals surface area contributed by atoms with Gasteiger partial charge in [-0.3, -0.25) is 14.4 Å². The van der Waals surface area contributed by atoms with Gasteiger partial charge in [-0.15, -0.1) is 0 Å². The van der Waals surface area contributed by atoms with Gasteiger partial charge in [-0.2, -0.15) is 8.42 Å². The molecule has 7 heteroatoms. The van der Waals surface area contributed by atoms with Crippen molar-refractivity contribution in [3.05, 3.63) is 35.9 Å². The fraction of sp³-hybridized carbons (Fsp3) is 0.571. The van der Waals surface area contributed by atoms with Crippen molar-refractivity contribution in [2.45, 2.75) is 6.54 Å². The van der Waals surface area contributed by atoms with Crippen LogP contribution in [-0.4, -0.2) is 73.5 Å². The molecule has 6 nitrogen and oxygen atoms in total. The summed E-state index contributed by atoms with van der Waals surface area (Å²) in [6, 6.07) is 10.6. The molecule has 0 amide bonds. The molecule has 1 heterocycles. The molecule has 1 aromatic carbocycles. The van der Waals surface area contributed by atoms with Gasteiger partial charge in [0.1, 0.15) is 0 Å². The third-order valence-electron chi connectivity index (χ3n) is 3.13. The molecular weight excluding hydrogens is 292 g/mol. The molecule has 0 aromatic heterocycles. The van der Waals surface area contributed by atoms with E-state index in [2.05, 4.69) is 40.1 Å². The van der Waals surface area contributed by atoms with Crippen LogP contribution in [0, 0.1) is 0 Å². The Bertz CT molecular complexity index is 477. The van der Waals surface area contributed by atoms with Crippen LogP contribution in [0.4, 0.5) is 0 Å². The normalized spacial score (nSPS) is 17.1. The molecule has 1 fully saturated rings. The molecule has 0 spiro atoms. The minimum absolute atomic E-state index is 0.276. The number of β-amino-alcohol motifs (C(OH)–C–C–N with tert-alkyl or cyclic N) is 1. The third kappa shape index (κ3) is 9.54. The summed E-state index contributed by atoms with van der Waals surface area (Å²) in [5, 5.41) is 8.86. The van der Waals surface area contributed by atoms with Gasteiger partial charge in [0.15, 0.2) is 0 Å². The maximum atomic E-state index is 9.19. The first-order valence-electron chi connectivity index (χ1n) is 6.90. The molecule has 1 aromatic rings. The van der Waals surface area contributed by atoms with Crippen molar-refractivity contribution in [3.63, 3.8) is 0 Å². The van der Waals surface area contributed by atoms with E-state index in [-0.39, 0.29) is 6.61 Å². The maximum absolute atomic E-state index is 9.19. The number of aliphatic hydroxyl groups is 1. The molecule has 1 saturated heterocycles. The molecule has 2 N–H and O–H groups in total. The molecule has 0 aliphatic carbocycles. The zero-order chi connectivity index (χ0) is 15.7. The van der Waals surface area contributed by atoms with Gasteiger partial charge in [-0.25, -0.2) is 0 Å². The Morgan fingerprint density at radius 1 is 1.05 bits per heavy atom. The molecule has 1 aliphatic rings. The van der Waals surface area contributed by atoms with Crippen molar-refractivity contribution in [2.24, 2.45) is 0 Å². The summed E-state index contributed by atoms with van der Waals surface area (Å²) in [5.74, 6) is 0. The Morgan fingerprint density at radius 2 is 1.52 bits per heavy atom. The average molecular weight is 316 g/mol. The largest absolute Gasteiger partial charge is 0.395 e. The highest BCUT2D eigenvalue weighted by Gasteiger charge is 2.15. The molecule has 120 valence electrons. The predicted octanol–water partition coefficient (Wildman–Crippen LogP) is 0.301. The summed E-state index contributed by atoms with van der Waals surface area (Å²) in [4.78, 5) is 4.80. The van der Waals surface area contributed by atoms with Gasteiger partial charge in [-0.05, 0) is 5.56 Å². The van der Waals surface area contributed by atoms with Crippen LogP contribution in [0.1, 0.15) is 5.56 Å². The predicted molar refractivity (Wildman–Crippen MR) is 82.7 cm³/mol. The number of nitrogens with zero attached hydrogens (tertiary/aromatic N) is 2. The van der Waals surface area contributed by atoms with Crippen molar-refractivity contribution >= 4 is 10.1 Å². The number of piperazine rings is 1. The smallest absolute Gasteiger partial charge is 0.261 e. The zero-order valence-electron chi connectivity index (χ0n) is 12.4.